The molecule has 0 saturated carbocycles. The number of nitrogens with zero attached hydrogens (tertiary/aromatic N) is 2. The van der Waals surface area contributed by atoms with Crippen molar-refractivity contribution in [2.45, 2.75) is 18.5 Å². The molecule has 10 heteroatoms. The van der Waals surface area contributed by atoms with Crippen LogP contribution in [0.2, 0.25) is 0 Å². The van der Waals surface area contributed by atoms with Crippen molar-refractivity contribution in [1.82, 2.24) is 9.97 Å². The second-order valence-electron chi connectivity index (χ2n) is 2.76. The monoisotopic (exact) mass is 264 g/mol. The maximum absolute atomic E-state index is 12.4. The summed E-state index contributed by atoms with van der Waals surface area (Å²) in [5.74, 6) is -2.46. The highest BCUT2D eigenvalue weighted by molar-refractivity contribution is 5.07. The van der Waals surface area contributed by atoms with Gasteiger partial charge in [0.25, 0.3) is 6.10 Å². The van der Waals surface area contributed by atoms with E-state index in [1.807, 2.05) is 0 Å². The molecule has 1 rings (SSSR count). The van der Waals surface area contributed by atoms with E-state index in [2.05, 4.69) is 14.7 Å². The summed E-state index contributed by atoms with van der Waals surface area (Å²) in [5.41, 5.74) is 0. The van der Waals surface area contributed by atoms with E-state index in [-0.39, 0.29) is 6.07 Å². The second kappa shape index (κ2) is 4.34. The highest BCUT2D eigenvalue weighted by Gasteiger charge is 2.59. The Morgan fingerprint density at radius 3 is 1.94 bits per heavy atom. The first-order chi connectivity index (χ1) is 7.60. The van der Waals surface area contributed by atoms with Crippen molar-refractivity contribution in [3.63, 3.8) is 0 Å². The molecule has 1 aromatic heterocycles. The SMILES string of the molecule is Fc1cc(OC(C(F)(F)F)C(F)(F)F)ncn1. The molecule has 0 aliphatic rings. The predicted molar refractivity (Wildman–Crippen MR) is 38.5 cm³/mol. The van der Waals surface area contributed by atoms with Gasteiger partial charge in [-0.1, -0.05) is 0 Å². The van der Waals surface area contributed by atoms with Crippen LogP contribution in [0, 0.1) is 5.95 Å². The van der Waals surface area contributed by atoms with Crippen LogP contribution in [-0.4, -0.2) is 28.4 Å². The largest absolute Gasteiger partial charge is 0.455 e. The highest BCUT2D eigenvalue weighted by atomic mass is 19.4. The molecule has 1 aromatic rings. The number of hydrogen-bond donors (Lipinski definition) is 0. The molecule has 0 aliphatic heterocycles. The molecule has 0 aromatic carbocycles. The first-order valence-corrected chi connectivity index (χ1v) is 3.88. The first kappa shape index (κ1) is 13.5. The van der Waals surface area contributed by atoms with Gasteiger partial charge in [0.15, 0.2) is 0 Å². The molecule has 0 saturated heterocycles. The molecule has 0 amide bonds. The lowest BCUT2D eigenvalue weighted by Crippen LogP contribution is -2.46. The van der Waals surface area contributed by atoms with Crippen LogP contribution in [0.4, 0.5) is 30.7 Å². The molecule has 3 nitrogen and oxygen atoms in total. The van der Waals surface area contributed by atoms with Crippen molar-refractivity contribution in [2.24, 2.45) is 0 Å². The Labute approximate surface area is 89.2 Å². The van der Waals surface area contributed by atoms with E-state index in [9.17, 15) is 30.7 Å². The Hall–Kier alpha value is -1.61. The van der Waals surface area contributed by atoms with Gasteiger partial charge < -0.3 is 4.74 Å². The van der Waals surface area contributed by atoms with Gasteiger partial charge in [0, 0.05) is 0 Å². The number of aromatic nitrogens is 2. The van der Waals surface area contributed by atoms with Gasteiger partial charge in [-0.15, -0.1) is 0 Å². The Kier molecular flexibility index (Phi) is 3.43. The minimum absolute atomic E-state index is 0.213. The summed E-state index contributed by atoms with van der Waals surface area (Å²) < 4.78 is 88.1. The summed E-state index contributed by atoms with van der Waals surface area (Å²) in [7, 11) is 0. The number of ether oxygens (including phenoxy) is 1. The highest BCUT2D eigenvalue weighted by Crippen LogP contribution is 2.35. The summed E-state index contributed by atoms with van der Waals surface area (Å²) in [6.07, 6.45) is -15.0. The molecular formula is C7H3F7N2O. The van der Waals surface area contributed by atoms with E-state index in [0.717, 1.165) is 0 Å². The molecule has 0 atom stereocenters. The van der Waals surface area contributed by atoms with Gasteiger partial charge in [0.05, 0.1) is 6.07 Å². The zero-order chi connectivity index (χ0) is 13.3. The van der Waals surface area contributed by atoms with Crippen molar-refractivity contribution in [3.05, 3.63) is 18.3 Å². The van der Waals surface area contributed by atoms with Gasteiger partial charge in [0.1, 0.15) is 6.33 Å². The van der Waals surface area contributed by atoms with Crippen molar-refractivity contribution in [2.75, 3.05) is 0 Å². The molecule has 0 unspecified atom stereocenters. The number of rotatable bonds is 2. The summed E-state index contributed by atoms with van der Waals surface area (Å²) >= 11 is 0. The van der Waals surface area contributed by atoms with Crippen LogP contribution < -0.4 is 4.74 Å². The van der Waals surface area contributed by atoms with Gasteiger partial charge in [-0.25, -0.2) is 9.97 Å². The quantitative estimate of drug-likeness (QED) is 0.608. The van der Waals surface area contributed by atoms with Crippen molar-refractivity contribution in [1.29, 1.82) is 0 Å². The normalized spacial score (nSPS) is 12.9. The van der Waals surface area contributed by atoms with Crippen molar-refractivity contribution >= 4 is 0 Å². The molecule has 17 heavy (non-hydrogen) atoms. The minimum Gasteiger partial charge on any atom is -0.455 e. The lowest BCUT2D eigenvalue weighted by molar-refractivity contribution is -0.300. The third kappa shape index (κ3) is 3.71. The topological polar surface area (TPSA) is 35.0 Å². The fraction of sp³-hybridized carbons (Fsp3) is 0.429. The van der Waals surface area contributed by atoms with Crippen LogP contribution in [0.5, 0.6) is 5.88 Å². The average molecular weight is 264 g/mol. The standard InChI is InChI=1S/C7H3F7N2O/c8-3-1-4(16-2-15-3)17-5(6(9,10)11)7(12,13)14/h1-2,5H. The maximum atomic E-state index is 12.4. The Bertz CT molecular complexity index is 375. The summed E-state index contributed by atoms with van der Waals surface area (Å²) in [6, 6.07) is 0.213. The van der Waals surface area contributed by atoms with Gasteiger partial charge in [-0.2, -0.15) is 30.7 Å². The van der Waals surface area contributed by atoms with Crippen molar-refractivity contribution in [3.8, 4) is 5.88 Å². The summed E-state index contributed by atoms with van der Waals surface area (Å²) in [4.78, 5) is 5.78. The fourth-order valence-corrected chi connectivity index (χ4v) is 0.822. The van der Waals surface area contributed by atoms with Crippen LogP contribution in [0.15, 0.2) is 12.4 Å². The van der Waals surface area contributed by atoms with Crippen LogP contribution in [0.1, 0.15) is 0 Å². The van der Waals surface area contributed by atoms with Crippen LogP contribution in [0.25, 0.3) is 0 Å². The van der Waals surface area contributed by atoms with E-state index >= 15 is 0 Å². The molecule has 0 radical (unpaired) electrons. The van der Waals surface area contributed by atoms with E-state index < -0.39 is 30.3 Å². The number of halogens is 7. The average Bonchev–Trinajstić information content (AvgIpc) is 2.10. The fourth-order valence-electron chi connectivity index (χ4n) is 0.822. The van der Waals surface area contributed by atoms with E-state index in [1.165, 1.54) is 0 Å². The van der Waals surface area contributed by atoms with E-state index in [0.29, 0.717) is 6.33 Å². The van der Waals surface area contributed by atoms with E-state index in [4.69, 9.17) is 0 Å². The zero-order valence-electron chi connectivity index (χ0n) is 7.68. The maximum Gasteiger partial charge on any atom is 0.434 e. The van der Waals surface area contributed by atoms with Gasteiger partial charge in [0.2, 0.25) is 11.8 Å². The number of alkyl halides is 6. The molecule has 1 heterocycles. The molecule has 0 fully saturated rings. The van der Waals surface area contributed by atoms with Crippen LogP contribution in [0.3, 0.4) is 0 Å². The lowest BCUT2D eigenvalue weighted by atomic mass is 10.3. The van der Waals surface area contributed by atoms with Crippen LogP contribution in [-0.2, 0) is 0 Å². The lowest BCUT2D eigenvalue weighted by Gasteiger charge is -2.22. The molecule has 0 aliphatic carbocycles. The second-order valence-corrected chi connectivity index (χ2v) is 2.76. The van der Waals surface area contributed by atoms with Gasteiger partial charge >= 0.3 is 12.4 Å². The zero-order valence-corrected chi connectivity index (χ0v) is 7.68. The minimum atomic E-state index is -5.68. The first-order valence-electron chi connectivity index (χ1n) is 3.88. The Morgan fingerprint density at radius 2 is 1.53 bits per heavy atom. The summed E-state index contributed by atoms with van der Waals surface area (Å²) in [6.45, 7) is 0. The Balaban J connectivity index is 2.96. The molecule has 0 N–H and O–H groups in total. The van der Waals surface area contributed by atoms with Gasteiger partial charge in [-0.05, 0) is 0 Å². The number of hydrogen-bond acceptors (Lipinski definition) is 3. The third-order valence-electron chi connectivity index (χ3n) is 1.44. The van der Waals surface area contributed by atoms with Gasteiger partial charge in [-0.3, -0.25) is 0 Å². The third-order valence-corrected chi connectivity index (χ3v) is 1.44. The smallest absolute Gasteiger partial charge is 0.434 e. The molecular weight excluding hydrogens is 261 g/mol. The molecule has 0 spiro atoms. The van der Waals surface area contributed by atoms with Crippen LogP contribution >= 0.6 is 0 Å². The van der Waals surface area contributed by atoms with E-state index in [1.54, 1.807) is 0 Å². The summed E-state index contributed by atoms with van der Waals surface area (Å²) in [5, 5.41) is 0. The van der Waals surface area contributed by atoms with Crippen molar-refractivity contribution < 1.29 is 35.5 Å². The molecule has 0 bridgehead atoms. The predicted octanol–water partition coefficient (Wildman–Crippen LogP) is 2.49. The molecule has 96 valence electrons. The Morgan fingerprint density at radius 1 is 1.00 bits per heavy atom.